The molecule has 2 aromatic rings. The molecule has 1 fully saturated rings. The monoisotopic (exact) mass is 304 g/mol. The van der Waals surface area contributed by atoms with Crippen molar-refractivity contribution in [1.29, 1.82) is 0 Å². The summed E-state index contributed by atoms with van der Waals surface area (Å²) in [5.41, 5.74) is 1.78. The van der Waals surface area contributed by atoms with E-state index in [4.69, 9.17) is 16.3 Å². The van der Waals surface area contributed by atoms with E-state index < -0.39 is 11.4 Å². The summed E-state index contributed by atoms with van der Waals surface area (Å²) in [4.78, 5) is 14.1. The zero-order valence-corrected chi connectivity index (χ0v) is 11.5. The Morgan fingerprint density at radius 2 is 1.95 bits per heavy atom. The van der Waals surface area contributed by atoms with Crippen LogP contribution in [-0.2, 0) is 4.74 Å². The average Bonchev–Trinajstić information content (AvgIpc) is 3.20. The van der Waals surface area contributed by atoms with Gasteiger partial charge in [0, 0.05) is 0 Å². The van der Waals surface area contributed by atoms with E-state index >= 15 is 0 Å². The quantitative estimate of drug-likeness (QED) is 0.648. The van der Waals surface area contributed by atoms with Crippen LogP contribution in [0.4, 0.5) is 21.5 Å². The van der Waals surface area contributed by atoms with E-state index in [0.29, 0.717) is 11.4 Å². The topological polar surface area (TPSA) is 44.9 Å². The maximum atomic E-state index is 13.5. The van der Waals surface area contributed by atoms with E-state index in [1.54, 1.807) is 12.1 Å². The number of ether oxygens (including phenoxy) is 1. The lowest BCUT2D eigenvalue weighted by Gasteiger charge is -2.23. The van der Waals surface area contributed by atoms with Crippen LogP contribution < -0.4 is 10.2 Å². The van der Waals surface area contributed by atoms with Crippen LogP contribution in [0, 0.1) is 5.82 Å². The molecular formula is C15H10ClFN2O2. The second-order valence-electron chi connectivity index (χ2n) is 4.88. The molecule has 2 aromatic carbocycles. The number of nitrogens with zero attached hydrogens (tertiary/aromatic N) is 1. The van der Waals surface area contributed by atoms with Crippen LogP contribution in [0.15, 0.2) is 42.5 Å². The molecule has 2 atom stereocenters. The van der Waals surface area contributed by atoms with E-state index in [9.17, 15) is 9.18 Å². The maximum Gasteiger partial charge on any atom is 0.257 e. The first-order chi connectivity index (χ1) is 10.1. The highest BCUT2D eigenvalue weighted by Crippen LogP contribution is 2.45. The molecule has 2 aliphatic rings. The molecule has 0 bridgehead atoms. The molecule has 0 spiro atoms. The fourth-order valence-electron chi connectivity index (χ4n) is 2.55. The summed E-state index contributed by atoms with van der Waals surface area (Å²) in [5, 5.41) is 2.79. The highest BCUT2D eigenvalue weighted by atomic mass is 35.5. The van der Waals surface area contributed by atoms with Gasteiger partial charge in [0.2, 0.25) is 0 Å². The first-order valence-electron chi connectivity index (χ1n) is 6.44. The molecule has 0 saturated carbocycles. The number of hydrogen-bond donors (Lipinski definition) is 1. The van der Waals surface area contributed by atoms with Gasteiger partial charge in [0.05, 0.1) is 22.6 Å². The van der Waals surface area contributed by atoms with E-state index in [2.05, 4.69) is 5.32 Å². The Kier molecular flexibility index (Phi) is 2.67. The number of benzene rings is 2. The third kappa shape index (κ3) is 1.97. The summed E-state index contributed by atoms with van der Waals surface area (Å²) in [7, 11) is 0. The second kappa shape index (κ2) is 4.44. The van der Waals surface area contributed by atoms with Crippen molar-refractivity contribution in [2.75, 3.05) is 10.2 Å². The van der Waals surface area contributed by atoms with E-state index in [1.807, 2.05) is 23.1 Å². The van der Waals surface area contributed by atoms with Crippen LogP contribution in [0.3, 0.4) is 0 Å². The van der Waals surface area contributed by atoms with Gasteiger partial charge in [-0.15, -0.1) is 0 Å². The number of carbonyl (C=O) groups is 1. The van der Waals surface area contributed by atoms with Crippen molar-refractivity contribution in [2.45, 2.75) is 11.8 Å². The van der Waals surface area contributed by atoms with Gasteiger partial charge in [0.15, 0.2) is 11.8 Å². The number of rotatable bonds is 1. The number of hydrogen-bond acceptors (Lipinski definition) is 3. The van der Waals surface area contributed by atoms with Gasteiger partial charge in [-0.1, -0.05) is 23.7 Å². The van der Waals surface area contributed by atoms with Gasteiger partial charge in [0.1, 0.15) is 5.82 Å². The molecule has 6 heteroatoms. The van der Waals surface area contributed by atoms with Crippen LogP contribution in [0.1, 0.15) is 10.4 Å². The lowest BCUT2D eigenvalue weighted by molar-refractivity contribution is 0.102. The zero-order valence-electron chi connectivity index (χ0n) is 10.7. The minimum Gasteiger partial charge on any atom is -0.330 e. The number of fused-ring (bicyclic) bond motifs is 2. The molecule has 1 N–H and O–H groups in total. The SMILES string of the molecule is O=C1Nc2ccccc2N(C2OC2Cl)c2ccc(F)cc21. The molecule has 1 saturated heterocycles. The van der Waals surface area contributed by atoms with Crippen molar-refractivity contribution in [1.82, 2.24) is 0 Å². The fraction of sp³-hybridized carbons (Fsp3) is 0.133. The molecule has 4 nitrogen and oxygen atoms in total. The summed E-state index contributed by atoms with van der Waals surface area (Å²) < 4.78 is 18.8. The molecule has 2 heterocycles. The van der Waals surface area contributed by atoms with Gasteiger partial charge in [-0.05, 0) is 30.3 Å². The number of anilines is 3. The second-order valence-corrected chi connectivity index (χ2v) is 5.31. The van der Waals surface area contributed by atoms with Gasteiger partial charge in [0.25, 0.3) is 5.91 Å². The predicted molar refractivity (Wildman–Crippen MR) is 77.4 cm³/mol. The average molecular weight is 305 g/mol. The molecule has 0 radical (unpaired) electrons. The minimum atomic E-state index is -0.464. The van der Waals surface area contributed by atoms with Crippen molar-refractivity contribution in [2.24, 2.45) is 0 Å². The molecule has 21 heavy (non-hydrogen) atoms. The third-order valence-corrected chi connectivity index (χ3v) is 3.86. The number of alkyl halides is 1. The number of nitrogens with one attached hydrogen (secondary N) is 1. The molecule has 2 unspecified atom stereocenters. The van der Waals surface area contributed by atoms with Gasteiger partial charge in [-0.25, -0.2) is 4.39 Å². The largest absolute Gasteiger partial charge is 0.330 e. The number of para-hydroxylation sites is 2. The molecule has 0 aromatic heterocycles. The van der Waals surface area contributed by atoms with Gasteiger partial charge in [-0.3, -0.25) is 4.79 Å². The van der Waals surface area contributed by atoms with Crippen LogP contribution >= 0.6 is 11.6 Å². The highest BCUT2D eigenvalue weighted by molar-refractivity contribution is 6.22. The van der Waals surface area contributed by atoms with Crippen LogP contribution in [0.25, 0.3) is 0 Å². The normalized spacial score (nSPS) is 23.0. The number of carbonyl (C=O) groups excluding carboxylic acids is 1. The van der Waals surface area contributed by atoms with Crippen molar-refractivity contribution >= 4 is 34.6 Å². The van der Waals surface area contributed by atoms with Crippen molar-refractivity contribution in [3.63, 3.8) is 0 Å². The van der Waals surface area contributed by atoms with Gasteiger partial charge in [-0.2, -0.15) is 0 Å². The standard InChI is InChI=1S/C15H10ClFN2O2/c16-13-15(21-13)19-11-6-5-8(17)7-9(11)14(20)18-10-3-1-2-4-12(10)19/h1-7,13,15H,(H,18,20). The smallest absolute Gasteiger partial charge is 0.257 e. The molecular weight excluding hydrogens is 295 g/mol. The fourth-order valence-corrected chi connectivity index (χ4v) is 2.77. The summed E-state index contributed by atoms with van der Waals surface area (Å²) in [5.74, 6) is -0.819. The van der Waals surface area contributed by atoms with Crippen LogP contribution in [0.5, 0.6) is 0 Å². The van der Waals surface area contributed by atoms with Crippen LogP contribution in [0.2, 0.25) is 0 Å². The maximum absolute atomic E-state index is 13.5. The minimum absolute atomic E-state index is 0.255. The Morgan fingerprint density at radius 3 is 2.71 bits per heavy atom. The molecule has 4 rings (SSSR count). The summed E-state index contributed by atoms with van der Waals surface area (Å²) in [6.07, 6.45) is -0.371. The van der Waals surface area contributed by atoms with Gasteiger partial charge >= 0.3 is 0 Å². The Hall–Kier alpha value is -2.11. The summed E-state index contributed by atoms with van der Waals surface area (Å²) in [6, 6.07) is 11.4. The first-order valence-corrected chi connectivity index (χ1v) is 6.87. The van der Waals surface area contributed by atoms with Crippen molar-refractivity contribution in [3.05, 3.63) is 53.8 Å². The van der Waals surface area contributed by atoms with Gasteiger partial charge < -0.3 is 15.0 Å². The number of halogens is 2. The molecule has 106 valence electrons. The number of epoxide rings is 1. The highest BCUT2D eigenvalue weighted by Gasteiger charge is 2.45. The Labute approximate surface area is 125 Å². The van der Waals surface area contributed by atoms with E-state index in [-0.39, 0.29) is 17.7 Å². The predicted octanol–water partition coefficient (Wildman–Crippen LogP) is 3.45. The van der Waals surface area contributed by atoms with E-state index in [0.717, 1.165) is 5.69 Å². The Bertz CT molecular complexity index is 752. The lowest BCUT2D eigenvalue weighted by atomic mass is 10.1. The molecule has 0 aliphatic carbocycles. The molecule has 2 aliphatic heterocycles. The molecule has 1 amide bonds. The van der Waals surface area contributed by atoms with Crippen LogP contribution in [-0.4, -0.2) is 17.7 Å². The van der Waals surface area contributed by atoms with Crippen molar-refractivity contribution < 1.29 is 13.9 Å². The van der Waals surface area contributed by atoms with Crippen molar-refractivity contribution in [3.8, 4) is 0 Å². The first kappa shape index (κ1) is 12.6. The summed E-state index contributed by atoms with van der Waals surface area (Å²) in [6.45, 7) is 0. The Morgan fingerprint density at radius 1 is 1.19 bits per heavy atom. The third-order valence-electron chi connectivity index (χ3n) is 3.55. The Balaban J connectivity index is 1.96. The summed E-state index contributed by atoms with van der Waals surface area (Å²) >= 11 is 6.00. The number of amides is 1. The lowest BCUT2D eigenvalue weighted by Crippen LogP contribution is -2.22. The zero-order chi connectivity index (χ0) is 14.6. The van der Waals surface area contributed by atoms with E-state index in [1.165, 1.54) is 12.1 Å².